The third-order valence-electron chi connectivity index (χ3n) is 8.25. The van der Waals surface area contributed by atoms with Crippen LogP contribution in [0.5, 0.6) is 0 Å². The second-order valence-corrected chi connectivity index (χ2v) is 11.3. The van der Waals surface area contributed by atoms with E-state index in [4.69, 9.17) is 4.42 Å². The van der Waals surface area contributed by atoms with E-state index in [2.05, 4.69) is 30.9 Å². The van der Waals surface area contributed by atoms with E-state index < -0.39 is 36.0 Å². The molecule has 5 heterocycles. The van der Waals surface area contributed by atoms with Crippen molar-refractivity contribution in [3.63, 3.8) is 0 Å². The number of aliphatic hydroxyl groups excluding tert-OH is 1. The van der Waals surface area contributed by atoms with Gasteiger partial charge in [0.05, 0.1) is 6.42 Å². The summed E-state index contributed by atoms with van der Waals surface area (Å²) in [6.45, 7) is 0.261. The summed E-state index contributed by atoms with van der Waals surface area (Å²) in [7, 11) is 0. The number of aromatic nitrogens is 3. The second kappa shape index (κ2) is 12.4. The largest absolute Gasteiger partial charge is 0.459 e. The molecule has 3 atom stereocenters. The quantitative estimate of drug-likeness (QED) is 0.177. The highest BCUT2D eigenvalue weighted by molar-refractivity contribution is 6.06. The van der Waals surface area contributed by atoms with Gasteiger partial charge in [0, 0.05) is 71.1 Å². The van der Waals surface area contributed by atoms with Gasteiger partial charge in [0.2, 0.25) is 17.7 Å². The third kappa shape index (κ3) is 5.91. The fourth-order valence-electron chi connectivity index (χ4n) is 5.96. The van der Waals surface area contributed by atoms with Crippen molar-refractivity contribution in [2.24, 2.45) is 0 Å². The molecule has 4 N–H and O–H groups in total. The first-order valence-corrected chi connectivity index (χ1v) is 15.0. The predicted octanol–water partition coefficient (Wildman–Crippen LogP) is 2.93. The minimum absolute atomic E-state index is 0.0681. The van der Waals surface area contributed by atoms with Gasteiger partial charge in [0.15, 0.2) is 6.23 Å². The zero-order chi connectivity index (χ0) is 32.5. The first-order valence-electron chi connectivity index (χ1n) is 15.0. The predicted molar refractivity (Wildman–Crippen MR) is 167 cm³/mol. The molecule has 4 amide bonds. The molecule has 236 valence electrons. The molecule has 2 aliphatic rings. The van der Waals surface area contributed by atoms with E-state index in [1.54, 1.807) is 49.1 Å². The van der Waals surface area contributed by atoms with Gasteiger partial charge in [-0.1, -0.05) is 30.3 Å². The van der Waals surface area contributed by atoms with Crippen molar-refractivity contribution in [1.82, 2.24) is 30.5 Å². The molecule has 3 unspecified atom stereocenters. The molecule has 13 heteroatoms. The summed E-state index contributed by atoms with van der Waals surface area (Å²) in [5.74, 6) is -0.898. The Bertz CT molecular complexity index is 1960. The Hall–Kier alpha value is -5.95. The van der Waals surface area contributed by atoms with E-state index in [0.717, 1.165) is 15.8 Å². The number of fused-ring (bicyclic) bond motifs is 2. The number of hydrogen-bond acceptors (Lipinski definition) is 10. The number of furan rings is 1. The molecule has 0 radical (unpaired) electrons. The first kappa shape index (κ1) is 29.7. The Kier molecular flexibility index (Phi) is 7.88. The minimum atomic E-state index is -1.36. The molecule has 0 bridgehead atoms. The van der Waals surface area contributed by atoms with E-state index in [-0.39, 0.29) is 37.3 Å². The summed E-state index contributed by atoms with van der Waals surface area (Å²) in [5, 5.41) is 20.5. The molecule has 7 rings (SSSR count). The van der Waals surface area contributed by atoms with E-state index in [1.165, 1.54) is 0 Å². The topological polar surface area (TPSA) is 180 Å². The van der Waals surface area contributed by atoms with Crippen molar-refractivity contribution < 1.29 is 28.7 Å². The van der Waals surface area contributed by atoms with Gasteiger partial charge in [-0.25, -0.2) is 9.97 Å². The van der Waals surface area contributed by atoms with Crippen LogP contribution in [0, 0.1) is 0 Å². The summed E-state index contributed by atoms with van der Waals surface area (Å²) in [6, 6.07) is 16.7. The zero-order valence-corrected chi connectivity index (χ0v) is 24.9. The molecule has 2 aliphatic heterocycles. The van der Waals surface area contributed by atoms with Gasteiger partial charge in [0.1, 0.15) is 29.3 Å². The Labute approximate surface area is 268 Å². The SMILES string of the molecule is O=C1CCC(N2C(=O)c3cccc(NCc4cnc(CC(=O)NC(c5cccnc5)c5cc6ccccc6o5)nc4)c3C2O)C(=O)N1. The number of amides is 4. The van der Waals surface area contributed by atoms with Crippen molar-refractivity contribution in [3.8, 4) is 0 Å². The molecule has 0 spiro atoms. The summed E-state index contributed by atoms with van der Waals surface area (Å²) < 4.78 is 6.05. The molecule has 47 heavy (non-hydrogen) atoms. The van der Waals surface area contributed by atoms with Gasteiger partial charge >= 0.3 is 0 Å². The highest BCUT2D eigenvalue weighted by Gasteiger charge is 2.45. The monoisotopic (exact) mass is 631 g/mol. The van der Waals surface area contributed by atoms with E-state index in [9.17, 15) is 24.3 Å². The van der Waals surface area contributed by atoms with Gasteiger partial charge in [0.25, 0.3) is 5.91 Å². The number of nitrogens with one attached hydrogen (secondary N) is 3. The highest BCUT2D eigenvalue weighted by atomic mass is 16.3. The minimum Gasteiger partial charge on any atom is -0.459 e. The van der Waals surface area contributed by atoms with E-state index in [0.29, 0.717) is 34.0 Å². The van der Waals surface area contributed by atoms with Crippen LogP contribution in [0.2, 0.25) is 0 Å². The Morgan fingerprint density at radius 2 is 1.87 bits per heavy atom. The third-order valence-corrected chi connectivity index (χ3v) is 8.25. The lowest BCUT2D eigenvalue weighted by molar-refractivity contribution is -0.139. The molecule has 2 aromatic carbocycles. The fourth-order valence-corrected chi connectivity index (χ4v) is 5.96. The van der Waals surface area contributed by atoms with Crippen LogP contribution < -0.4 is 16.0 Å². The van der Waals surface area contributed by atoms with Gasteiger partial charge in [-0.2, -0.15) is 0 Å². The zero-order valence-electron chi connectivity index (χ0n) is 24.9. The van der Waals surface area contributed by atoms with Crippen LogP contribution in [0.1, 0.15) is 63.7 Å². The van der Waals surface area contributed by atoms with Crippen LogP contribution in [-0.2, 0) is 27.3 Å². The number of benzene rings is 2. The molecule has 3 aromatic heterocycles. The number of imide groups is 1. The molecular weight excluding hydrogens is 602 g/mol. The molecule has 1 saturated heterocycles. The Morgan fingerprint density at radius 1 is 1.04 bits per heavy atom. The number of para-hydroxylation sites is 1. The molecule has 0 saturated carbocycles. The molecular formula is C34H29N7O6. The van der Waals surface area contributed by atoms with Crippen molar-refractivity contribution in [1.29, 1.82) is 0 Å². The van der Waals surface area contributed by atoms with Crippen molar-refractivity contribution in [3.05, 3.63) is 119 Å². The number of nitrogens with zero attached hydrogens (tertiary/aromatic N) is 4. The Balaban J connectivity index is 1.01. The maximum Gasteiger partial charge on any atom is 0.257 e. The number of piperidine rings is 1. The first-order chi connectivity index (χ1) is 22.9. The standard InChI is InChI=1S/C34H29N7O6/c42-28-11-10-24(32(44)40-28)41-33(45)22-7-3-8-23(30(22)34(41)46)36-15-19-16-37-27(38-17-19)14-29(43)39-31(21-6-4-12-35-18-21)26-13-20-5-1-2-9-25(20)47-26/h1-9,12-13,16-18,24,31,34,36,46H,10-11,14-15H2,(H,39,43)(H,40,42,44). The molecule has 13 nitrogen and oxygen atoms in total. The number of hydrogen-bond donors (Lipinski definition) is 4. The van der Waals surface area contributed by atoms with Gasteiger partial charge < -0.3 is 20.2 Å². The van der Waals surface area contributed by atoms with Crippen LogP contribution in [0.25, 0.3) is 11.0 Å². The number of aliphatic hydroxyl groups is 1. The van der Waals surface area contributed by atoms with Crippen LogP contribution >= 0.6 is 0 Å². The van der Waals surface area contributed by atoms with Gasteiger partial charge in [-0.3, -0.25) is 34.4 Å². The van der Waals surface area contributed by atoms with Gasteiger partial charge in [-0.05, 0) is 36.8 Å². The maximum atomic E-state index is 13.2. The molecule has 5 aromatic rings. The lowest BCUT2D eigenvalue weighted by atomic mass is 10.0. The average Bonchev–Trinajstić information content (AvgIpc) is 3.62. The summed E-state index contributed by atoms with van der Waals surface area (Å²) >= 11 is 0. The lowest BCUT2D eigenvalue weighted by Crippen LogP contribution is -2.53. The van der Waals surface area contributed by atoms with Crippen molar-refractivity contribution in [2.45, 2.75) is 44.1 Å². The summed E-state index contributed by atoms with van der Waals surface area (Å²) in [5.41, 5.74) is 3.31. The number of pyridine rings is 1. The number of rotatable bonds is 9. The number of carbonyl (C=O) groups is 4. The summed E-state index contributed by atoms with van der Waals surface area (Å²) in [4.78, 5) is 64.4. The normalized spacial score (nSPS) is 18.1. The number of anilines is 1. The van der Waals surface area contributed by atoms with Crippen LogP contribution in [-0.4, -0.2) is 54.6 Å². The highest BCUT2D eigenvalue weighted by Crippen LogP contribution is 2.39. The van der Waals surface area contributed by atoms with E-state index >= 15 is 0 Å². The van der Waals surface area contributed by atoms with E-state index in [1.807, 2.05) is 36.4 Å². The fraction of sp³-hybridized carbons (Fsp3) is 0.206. The smallest absolute Gasteiger partial charge is 0.257 e. The Morgan fingerprint density at radius 3 is 2.64 bits per heavy atom. The van der Waals surface area contributed by atoms with Crippen LogP contribution in [0.4, 0.5) is 5.69 Å². The van der Waals surface area contributed by atoms with Crippen LogP contribution in [0.3, 0.4) is 0 Å². The van der Waals surface area contributed by atoms with Crippen molar-refractivity contribution >= 4 is 40.3 Å². The maximum absolute atomic E-state index is 13.2. The van der Waals surface area contributed by atoms with Crippen LogP contribution in [0.15, 0.2) is 89.9 Å². The van der Waals surface area contributed by atoms with Crippen molar-refractivity contribution in [2.75, 3.05) is 5.32 Å². The average molecular weight is 632 g/mol. The molecule has 0 aliphatic carbocycles. The molecule has 1 fully saturated rings. The summed E-state index contributed by atoms with van der Waals surface area (Å²) in [6.07, 6.45) is 5.32. The van der Waals surface area contributed by atoms with Gasteiger partial charge in [-0.15, -0.1) is 0 Å². The number of carbonyl (C=O) groups excluding carboxylic acids is 4. The second-order valence-electron chi connectivity index (χ2n) is 11.3. The lowest BCUT2D eigenvalue weighted by Gasteiger charge is -2.32.